The van der Waals surface area contributed by atoms with Crippen LogP contribution in [0.2, 0.25) is 0 Å². The number of nitrogens with one attached hydrogen (secondary N) is 1. The smallest absolute Gasteiger partial charge is 0.372 e. The van der Waals surface area contributed by atoms with Crippen molar-refractivity contribution in [3.05, 3.63) is 30.1 Å². The Bertz CT molecular complexity index is 537. The van der Waals surface area contributed by atoms with Crippen LogP contribution < -0.4 is 5.32 Å². The highest BCUT2D eigenvalue weighted by atomic mass is 19.1. The molecule has 1 N–H and O–H groups in total. The number of hydrogen-bond acceptors (Lipinski definition) is 4. The van der Waals surface area contributed by atoms with Crippen LogP contribution in [0.5, 0.6) is 0 Å². The summed E-state index contributed by atoms with van der Waals surface area (Å²) in [5, 5.41) is 6.39. The summed E-state index contributed by atoms with van der Waals surface area (Å²) < 4.78 is 18.4. The Balaban J connectivity index is 1.94. The molecule has 1 aliphatic rings. The molecule has 0 atom stereocenters. The second-order valence-electron chi connectivity index (χ2n) is 5.45. The normalized spacial score (nSPS) is 17.9. The van der Waals surface area contributed by atoms with Gasteiger partial charge in [0.25, 0.3) is 0 Å². The van der Waals surface area contributed by atoms with Gasteiger partial charge in [0.2, 0.25) is 0 Å². The predicted octanol–water partition coefficient (Wildman–Crippen LogP) is 4.10. The van der Waals surface area contributed by atoms with E-state index in [-0.39, 0.29) is 5.82 Å². The van der Waals surface area contributed by atoms with Crippen LogP contribution in [0.3, 0.4) is 0 Å². The summed E-state index contributed by atoms with van der Waals surface area (Å²) in [5.74, 6) is -0.368. The van der Waals surface area contributed by atoms with E-state index in [0.29, 0.717) is 11.4 Å². The standard InChI is InChI=1S/C16H21FN2O3/c1-12(16(21-2)10-4-3-5-11-16)19-22-15(20)18-14-8-6-13(17)7-9-14/h6-9H,3-5,10-11H2,1-2H3,(H,18,20)/b19-12+. The van der Waals surface area contributed by atoms with Crippen LogP contribution in [0, 0.1) is 5.82 Å². The molecule has 0 unspecified atom stereocenters. The molecular formula is C16H21FN2O3. The molecule has 1 saturated carbocycles. The van der Waals surface area contributed by atoms with Crippen LogP contribution in [-0.2, 0) is 9.57 Å². The van der Waals surface area contributed by atoms with Gasteiger partial charge in [0, 0.05) is 12.8 Å². The van der Waals surface area contributed by atoms with E-state index in [1.54, 1.807) is 14.0 Å². The second-order valence-corrected chi connectivity index (χ2v) is 5.45. The molecule has 1 aromatic carbocycles. The highest BCUT2D eigenvalue weighted by Crippen LogP contribution is 2.32. The maximum absolute atomic E-state index is 12.8. The molecule has 0 bridgehead atoms. The number of rotatable bonds is 4. The minimum Gasteiger partial charge on any atom is -0.372 e. The number of hydrogen-bond donors (Lipinski definition) is 1. The number of benzene rings is 1. The molecule has 1 amide bonds. The van der Waals surface area contributed by atoms with Crippen molar-refractivity contribution in [2.45, 2.75) is 44.6 Å². The summed E-state index contributed by atoms with van der Waals surface area (Å²) in [6.07, 6.45) is 4.37. The van der Waals surface area contributed by atoms with E-state index in [0.717, 1.165) is 25.7 Å². The van der Waals surface area contributed by atoms with E-state index in [2.05, 4.69) is 10.5 Å². The number of carbonyl (C=O) groups excluding carboxylic acids is 1. The SMILES string of the molecule is COC1(/C(C)=N/OC(=O)Nc2ccc(F)cc2)CCCCC1. The summed E-state index contributed by atoms with van der Waals surface area (Å²) in [7, 11) is 1.66. The molecule has 22 heavy (non-hydrogen) atoms. The molecule has 5 nitrogen and oxygen atoms in total. The number of oxime groups is 1. The number of methoxy groups -OCH3 is 1. The number of anilines is 1. The summed E-state index contributed by atoms with van der Waals surface area (Å²) in [5.41, 5.74) is 0.663. The van der Waals surface area contributed by atoms with E-state index in [4.69, 9.17) is 9.57 Å². The largest absolute Gasteiger partial charge is 0.437 e. The minimum absolute atomic E-state index is 0.368. The molecule has 2 rings (SSSR count). The number of amides is 1. The first-order chi connectivity index (χ1) is 10.6. The zero-order chi connectivity index (χ0) is 16.0. The van der Waals surface area contributed by atoms with E-state index in [1.807, 2.05) is 0 Å². The maximum Gasteiger partial charge on any atom is 0.437 e. The van der Waals surface area contributed by atoms with Crippen molar-refractivity contribution in [1.29, 1.82) is 0 Å². The van der Waals surface area contributed by atoms with Crippen molar-refractivity contribution in [2.24, 2.45) is 5.16 Å². The molecule has 120 valence electrons. The number of halogens is 1. The first-order valence-electron chi connectivity index (χ1n) is 7.39. The molecule has 0 aromatic heterocycles. The van der Waals surface area contributed by atoms with Crippen molar-refractivity contribution < 1.29 is 18.8 Å². The molecule has 0 aliphatic heterocycles. The Morgan fingerprint density at radius 1 is 1.23 bits per heavy atom. The van der Waals surface area contributed by atoms with E-state index in [9.17, 15) is 9.18 Å². The third-order valence-corrected chi connectivity index (χ3v) is 4.07. The van der Waals surface area contributed by atoms with Gasteiger partial charge in [-0.1, -0.05) is 24.4 Å². The van der Waals surface area contributed by atoms with Crippen molar-refractivity contribution in [2.75, 3.05) is 12.4 Å². The Morgan fingerprint density at radius 2 is 1.86 bits per heavy atom. The van der Waals surface area contributed by atoms with Gasteiger partial charge < -0.3 is 4.74 Å². The average molecular weight is 308 g/mol. The summed E-state index contributed by atoms with van der Waals surface area (Å²) in [6, 6.07) is 5.41. The Hall–Kier alpha value is -1.95. The van der Waals surface area contributed by atoms with Gasteiger partial charge in [0.15, 0.2) is 0 Å². The fourth-order valence-corrected chi connectivity index (χ4v) is 2.70. The summed E-state index contributed by atoms with van der Waals surface area (Å²) in [6.45, 7) is 1.81. The lowest BCUT2D eigenvalue weighted by Gasteiger charge is -2.35. The first kappa shape index (κ1) is 16.4. The second kappa shape index (κ2) is 7.35. The van der Waals surface area contributed by atoms with Gasteiger partial charge in [-0.15, -0.1) is 0 Å². The van der Waals surface area contributed by atoms with Crippen LogP contribution in [0.15, 0.2) is 29.4 Å². The van der Waals surface area contributed by atoms with Crippen LogP contribution in [0.1, 0.15) is 39.0 Å². The fourth-order valence-electron chi connectivity index (χ4n) is 2.70. The van der Waals surface area contributed by atoms with Gasteiger partial charge in [0.1, 0.15) is 11.4 Å². The van der Waals surface area contributed by atoms with Crippen LogP contribution in [0.25, 0.3) is 0 Å². The quantitative estimate of drug-likeness (QED) is 0.517. The molecule has 6 heteroatoms. The number of nitrogens with zero attached hydrogens (tertiary/aromatic N) is 1. The van der Waals surface area contributed by atoms with Gasteiger partial charge in [-0.05, 0) is 44.0 Å². The lowest BCUT2D eigenvalue weighted by atomic mass is 9.81. The predicted molar refractivity (Wildman–Crippen MR) is 82.4 cm³/mol. The third-order valence-electron chi connectivity index (χ3n) is 4.07. The molecular weight excluding hydrogens is 287 g/mol. The van der Waals surface area contributed by atoms with Crippen LogP contribution >= 0.6 is 0 Å². The Morgan fingerprint density at radius 3 is 2.45 bits per heavy atom. The molecule has 1 aliphatic carbocycles. The monoisotopic (exact) mass is 308 g/mol. The lowest BCUT2D eigenvalue weighted by Crippen LogP contribution is -2.41. The van der Waals surface area contributed by atoms with Gasteiger partial charge >= 0.3 is 6.09 Å². The maximum atomic E-state index is 12.8. The Kier molecular flexibility index (Phi) is 5.49. The minimum atomic E-state index is -0.715. The van der Waals surface area contributed by atoms with Crippen LogP contribution in [-0.4, -0.2) is 24.5 Å². The van der Waals surface area contributed by atoms with Crippen molar-refractivity contribution >= 4 is 17.5 Å². The molecule has 0 radical (unpaired) electrons. The van der Waals surface area contributed by atoms with Crippen LogP contribution in [0.4, 0.5) is 14.9 Å². The first-order valence-corrected chi connectivity index (χ1v) is 7.39. The van der Waals surface area contributed by atoms with Crippen molar-refractivity contribution in [3.63, 3.8) is 0 Å². The van der Waals surface area contributed by atoms with Gasteiger partial charge in [0.05, 0.1) is 5.71 Å². The zero-order valence-electron chi connectivity index (χ0n) is 12.9. The van der Waals surface area contributed by atoms with Crippen molar-refractivity contribution in [3.8, 4) is 0 Å². The molecule has 1 aromatic rings. The zero-order valence-corrected chi connectivity index (χ0v) is 12.9. The highest BCUT2D eigenvalue weighted by molar-refractivity contribution is 5.91. The molecule has 0 spiro atoms. The summed E-state index contributed by atoms with van der Waals surface area (Å²) >= 11 is 0. The van der Waals surface area contributed by atoms with Gasteiger partial charge in [-0.25, -0.2) is 9.18 Å². The van der Waals surface area contributed by atoms with Gasteiger partial charge in [-0.3, -0.25) is 10.2 Å². The molecule has 1 fully saturated rings. The number of carbonyl (C=O) groups is 1. The summed E-state index contributed by atoms with van der Waals surface area (Å²) in [4.78, 5) is 16.6. The van der Waals surface area contributed by atoms with Crippen molar-refractivity contribution in [1.82, 2.24) is 0 Å². The topological polar surface area (TPSA) is 59.9 Å². The van der Waals surface area contributed by atoms with E-state index < -0.39 is 11.7 Å². The Labute approximate surface area is 129 Å². The van der Waals surface area contributed by atoms with E-state index in [1.165, 1.54) is 30.7 Å². The lowest BCUT2D eigenvalue weighted by molar-refractivity contribution is 0.0160. The molecule has 0 heterocycles. The molecule has 0 saturated heterocycles. The fraction of sp³-hybridized carbons (Fsp3) is 0.500. The highest BCUT2D eigenvalue weighted by Gasteiger charge is 2.35. The van der Waals surface area contributed by atoms with Gasteiger partial charge in [-0.2, -0.15) is 0 Å². The number of ether oxygens (including phenoxy) is 1. The third kappa shape index (κ3) is 4.04. The van der Waals surface area contributed by atoms with E-state index >= 15 is 0 Å². The average Bonchev–Trinajstić information content (AvgIpc) is 2.55.